The monoisotopic (exact) mass is 324 g/mol. The Hall–Kier alpha value is -0.950. The van der Waals surface area contributed by atoms with Gasteiger partial charge in [-0.25, -0.2) is 13.1 Å². The van der Waals surface area contributed by atoms with Crippen molar-refractivity contribution >= 4 is 10.0 Å². The van der Waals surface area contributed by atoms with E-state index in [0.29, 0.717) is 19.1 Å². The number of benzene rings is 1. The van der Waals surface area contributed by atoms with Gasteiger partial charge in [-0.05, 0) is 24.3 Å². The average Bonchev–Trinajstić information content (AvgIpc) is 2.45. The van der Waals surface area contributed by atoms with Gasteiger partial charge in [0.05, 0.1) is 18.5 Å². The molecule has 0 aliphatic carbocycles. The summed E-state index contributed by atoms with van der Waals surface area (Å²) in [5.41, 5.74) is 1.35. The molecule has 2 fully saturated rings. The van der Waals surface area contributed by atoms with Crippen LogP contribution < -0.4 is 4.72 Å². The van der Waals surface area contributed by atoms with E-state index >= 15 is 0 Å². The first-order valence-corrected chi connectivity index (χ1v) is 9.68. The topological polar surface area (TPSA) is 58.6 Å². The summed E-state index contributed by atoms with van der Waals surface area (Å²) in [5, 5.41) is 0. The number of likely N-dealkylation sites (tertiary alicyclic amines) is 1. The second-order valence-electron chi connectivity index (χ2n) is 6.65. The normalized spacial score (nSPS) is 25.0. The number of hydrogen-bond acceptors (Lipinski definition) is 4. The third-order valence-corrected chi connectivity index (χ3v) is 5.23. The summed E-state index contributed by atoms with van der Waals surface area (Å²) < 4.78 is 30.9. The second kappa shape index (κ2) is 6.28. The van der Waals surface area contributed by atoms with Gasteiger partial charge in [-0.15, -0.1) is 0 Å². The minimum absolute atomic E-state index is 0.0103. The van der Waals surface area contributed by atoms with Crippen molar-refractivity contribution in [3.8, 4) is 0 Å². The zero-order valence-corrected chi connectivity index (χ0v) is 13.8. The van der Waals surface area contributed by atoms with Crippen molar-refractivity contribution in [3.05, 3.63) is 35.9 Å². The third kappa shape index (κ3) is 4.07. The van der Waals surface area contributed by atoms with Crippen molar-refractivity contribution in [1.29, 1.82) is 0 Å². The van der Waals surface area contributed by atoms with Crippen LogP contribution in [0.15, 0.2) is 30.3 Å². The van der Waals surface area contributed by atoms with Crippen LogP contribution in [0.3, 0.4) is 0 Å². The smallest absolute Gasteiger partial charge is 0.208 e. The number of hydrogen-bond donors (Lipinski definition) is 1. The molecule has 2 aliphatic rings. The van der Waals surface area contributed by atoms with Crippen molar-refractivity contribution in [1.82, 2.24) is 9.62 Å². The van der Waals surface area contributed by atoms with Crippen LogP contribution in [0.25, 0.3) is 0 Å². The molecule has 22 heavy (non-hydrogen) atoms. The van der Waals surface area contributed by atoms with Gasteiger partial charge in [0.25, 0.3) is 0 Å². The Morgan fingerprint density at radius 2 is 2.05 bits per heavy atom. The van der Waals surface area contributed by atoms with E-state index in [2.05, 4.69) is 33.9 Å². The highest BCUT2D eigenvalue weighted by atomic mass is 32.2. The number of nitrogens with one attached hydrogen (secondary N) is 1. The highest BCUT2D eigenvalue weighted by Gasteiger charge is 2.46. The molecule has 1 spiro atoms. The van der Waals surface area contributed by atoms with Crippen LogP contribution in [-0.4, -0.2) is 51.4 Å². The SMILES string of the molecule is CS(=O)(=O)NC[C@@H]1CCC2(CN(Cc3ccccc3)C2)OC1. The summed E-state index contributed by atoms with van der Waals surface area (Å²) in [7, 11) is -3.10. The van der Waals surface area contributed by atoms with Crippen LogP contribution >= 0.6 is 0 Å². The molecule has 122 valence electrons. The van der Waals surface area contributed by atoms with Crippen molar-refractivity contribution < 1.29 is 13.2 Å². The largest absolute Gasteiger partial charge is 0.372 e. The van der Waals surface area contributed by atoms with Crippen LogP contribution in [0.4, 0.5) is 0 Å². The zero-order chi connectivity index (χ0) is 15.6. The Labute approximate surface area is 132 Å². The molecule has 2 aliphatic heterocycles. The first-order valence-electron chi connectivity index (χ1n) is 7.79. The van der Waals surface area contributed by atoms with Gasteiger partial charge in [0, 0.05) is 26.2 Å². The van der Waals surface area contributed by atoms with Crippen molar-refractivity contribution in [2.24, 2.45) is 5.92 Å². The van der Waals surface area contributed by atoms with Crippen LogP contribution in [0.5, 0.6) is 0 Å². The van der Waals surface area contributed by atoms with E-state index in [0.717, 1.165) is 32.5 Å². The molecule has 0 bridgehead atoms. The van der Waals surface area contributed by atoms with Crippen LogP contribution in [-0.2, 0) is 21.3 Å². The molecule has 0 radical (unpaired) electrons. The first-order chi connectivity index (χ1) is 10.4. The number of rotatable bonds is 5. The lowest BCUT2D eigenvalue weighted by Gasteiger charge is -2.53. The molecule has 2 saturated heterocycles. The Balaban J connectivity index is 1.41. The van der Waals surface area contributed by atoms with Gasteiger partial charge in [0.2, 0.25) is 10.0 Å². The van der Waals surface area contributed by atoms with Gasteiger partial charge in [0.15, 0.2) is 0 Å². The van der Waals surface area contributed by atoms with Crippen molar-refractivity contribution in [2.75, 3.05) is 32.5 Å². The lowest BCUT2D eigenvalue weighted by Crippen LogP contribution is -2.64. The predicted octanol–water partition coefficient (Wildman–Crippen LogP) is 1.22. The second-order valence-corrected chi connectivity index (χ2v) is 8.48. The van der Waals surface area contributed by atoms with E-state index in [1.807, 2.05) is 6.07 Å². The Kier molecular flexibility index (Phi) is 4.54. The van der Waals surface area contributed by atoms with Gasteiger partial charge in [-0.2, -0.15) is 0 Å². The summed E-state index contributed by atoms with van der Waals surface area (Å²) in [6, 6.07) is 10.5. The molecule has 0 aromatic heterocycles. The summed E-state index contributed by atoms with van der Waals surface area (Å²) in [5.74, 6) is 0.295. The van der Waals surface area contributed by atoms with Crippen molar-refractivity contribution in [3.63, 3.8) is 0 Å². The van der Waals surface area contributed by atoms with Gasteiger partial charge in [0.1, 0.15) is 0 Å². The highest BCUT2D eigenvalue weighted by Crippen LogP contribution is 2.36. The Morgan fingerprint density at radius 1 is 1.32 bits per heavy atom. The van der Waals surface area contributed by atoms with Crippen molar-refractivity contribution in [2.45, 2.75) is 25.0 Å². The van der Waals surface area contributed by atoms with E-state index in [1.54, 1.807) is 0 Å². The third-order valence-electron chi connectivity index (χ3n) is 4.54. The van der Waals surface area contributed by atoms with E-state index in [9.17, 15) is 8.42 Å². The van der Waals surface area contributed by atoms with Gasteiger partial charge < -0.3 is 4.74 Å². The summed E-state index contributed by atoms with van der Waals surface area (Å²) in [6.07, 6.45) is 3.25. The van der Waals surface area contributed by atoms with E-state index in [1.165, 1.54) is 11.8 Å². The van der Waals surface area contributed by atoms with E-state index in [-0.39, 0.29) is 5.60 Å². The fourth-order valence-electron chi connectivity index (χ4n) is 3.32. The molecule has 1 aromatic carbocycles. The zero-order valence-electron chi connectivity index (χ0n) is 13.0. The number of ether oxygens (including phenoxy) is 1. The molecule has 5 nitrogen and oxygen atoms in total. The molecule has 2 heterocycles. The summed E-state index contributed by atoms with van der Waals surface area (Å²) in [6.45, 7) is 4.08. The quantitative estimate of drug-likeness (QED) is 0.885. The Bertz CT molecular complexity index is 587. The molecule has 1 N–H and O–H groups in total. The van der Waals surface area contributed by atoms with Gasteiger partial charge >= 0.3 is 0 Å². The fraction of sp³-hybridized carbons (Fsp3) is 0.625. The molecule has 1 atom stereocenters. The van der Waals surface area contributed by atoms with E-state index in [4.69, 9.17) is 4.74 Å². The first kappa shape index (κ1) is 15.9. The molecule has 1 aromatic rings. The molecular formula is C16H24N2O3S. The highest BCUT2D eigenvalue weighted by molar-refractivity contribution is 7.88. The maximum absolute atomic E-state index is 11.1. The number of nitrogens with zero attached hydrogens (tertiary/aromatic N) is 1. The minimum atomic E-state index is -3.10. The van der Waals surface area contributed by atoms with Gasteiger partial charge in [-0.1, -0.05) is 30.3 Å². The van der Waals surface area contributed by atoms with Gasteiger partial charge in [-0.3, -0.25) is 4.90 Å². The molecule has 0 amide bonds. The van der Waals surface area contributed by atoms with E-state index < -0.39 is 10.0 Å². The Morgan fingerprint density at radius 3 is 2.64 bits per heavy atom. The predicted molar refractivity (Wildman–Crippen MR) is 86.0 cm³/mol. The molecule has 0 unspecified atom stereocenters. The average molecular weight is 324 g/mol. The fourth-order valence-corrected chi connectivity index (χ4v) is 3.86. The number of sulfonamides is 1. The lowest BCUT2D eigenvalue weighted by atomic mass is 9.83. The summed E-state index contributed by atoms with van der Waals surface area (Å²) >= 11 is 0. The molecule has 6 heteroatoms. The maximum Gasteiger partial charge on any atom is 0.208 e. The standard InChI is InChI=1S/C16H24N2O3S/c1-22(19,20)17-9-15-7-8-16(21-11-15)12-18(13-16)10-14-5-3-2-4-6-14/h2-6,15,17H,7-13H2,1H3/t15-/m0/s1. The molecule has 3 rings (SSSR count). The van der Waals surface area contributed by atoms with Crippen LogP contribution in [0.1, 0.15) is 18.4 Å². The molecular weight excluding hydrogens is 300 g/mol. The van der Waals surface area contributed by atoms with Crippen LogP contribution in [0, 0.1) is 5.92 Å². The summed E-state index contributed by atoms with van der Waals surface area (Å²) in [4.78, 5) is 2.41. The molecule has 0 saturated carbocycles. The lowest BCUT2D eigenvalue weighted by molar-refractivity contribution is -0.181. The minimum Gasteiger partial charge on any atom is -0.372 e. The maximum atomic E-state index is 11.1. The van der Waals surface area contributed by atoms with Crippen LogP contribution in [0.2, 0.25) is 0 Å².